The molecule has 72 valence electrons. The highest BCUT2D eigenvalue weighted by atomic mass is 32.1. The molecule has 3 nitrogen and oxygen atoms in total. The molecular formula is C9H6FNO2S. The molecule has 0 aliphatic heterocycles. The van der Waals surface area contributed by atoms with Gasteiger partial charge in [0.1, 0.15) is 11.4 Å². The summed E-state index contributed by atoms with van der Waals surface area (Å²) in [7, 11) is 0. The molecule has 1 aromatic carbocycles. The lowest BCUT2D eigenvalue weighted by atomic mass is 10.1. The van der Waals surface area contributed by atoms with E-state index in [1.165, 1.54) is 11.3 Å². The first kappa shape index (κ1) is 8.96. The maximum atomic E-state index is 13.3. The minimum Gasteiger partial charge on any atom is -0.478 e. The largest absolute Gasteiger partial charge is 0.478 e. The summed E-state index contributed by atoms with van der Waals surface area (Å²) in [6.45, 7) is 0. The van der Waals surface area contributed by atoms with E-state index in [9.17, 15) is 9.18 Å². The van der Waals surface area contributed by atoms with Crippen LogP contribution in [0.4, 0.5) is 10.1 Å². The van der Waals surface area contributed by atoms with Crippen LogP contribution >= 0.6 is 11.3 Å². The molecule has 2 rings (SSSR count). The zero-order valence-corrected chi connectivity index (χ0v) is 7.77. The molecule has 1 aromatic heterocycles. The van der Waals surface area contributed by atoms with Crippen molar-refractivity contribution in [2.24, 2.45) is 0 Å². The SMILES string of the molecule is Nc1cc(F)c(C(=O)O)c2ccsc12. The first-order chi connectivity index (χ1) is 6.61. The molecule has 0 fully saturated rings. The summed E-state index contributed by atoms with van der Waals surface area (Å²) in [6, 6.07) is 2.60. The first-order valence-corrected chi connectivity index (χ1v) is 4.67. The number of thiophene rings is 1. The molecule has 0 unspecified atom stereocenters. The number of carboxylic acids is 1. The number of carbonyl (C=O) groups is 1. The Balaban J connectivity index is 2.93. The van der Waals surface area contributed by atoms with Crippen molar-refractivity contribution in [3.8, 4) is 0 Å². The van der Waals surface area contributed by atoms with Crippen LogP contribution in [0.3, 0.4) is 0 Å². The molecule has 0 saturated carbocycles. The van der Waals surface area contributed by atoms with Gasteiger partial charge in [-0.05, 0) is 17.5 Å². The highest BCUT2D eigenvalue weighted by Gasteiger charge is 2.17. The number of nitrogens with two attached hydrogens (primary N) is 1. The number of nitrogen functional groups attached to an aromatic ring is 1. The molecule has 5 heteroatoms. The standard InChI is InChI=1S/C9H6FNO2S/c10-5-3-6(11)8-4(1-2-14-8)7(5)9(12)13/h1-3H,11H2,(H,12,13). The maximum Gasteiger partial charge on any atom is 0.339 e. The van der Waals surface area contributed by atoms with E-state index in [1.54, 1.807) is 11.4 Å². The second kappa shape index (κ2) is 2.95. The third kappa shape index (κ3) is 1.13. The number of rotatable bonds is 1. The van der Waals surface area contributed by atoms with Gasteiger partial charge in [-0.3, -0.25) is 0 Å². The fourth-order valence-electron chi connectivity index (χ4n) is 1.35. The van der Waals surface area contributed by atoms with Crippen molar-refractivity contribution >= 4 is 33.1 Å². The van der Waals surface area contributed by atoms with Gasteiger partial charge in [0, 0.05) is 5.39 Å². The molecule has 0 saturated heterocycles. The summed E-state index contributed by atoms with van der Waals surface area (Å²) >= 11 is 1.30. The summed E-state index contributed by atoms with van der Waals surface area (Å²) in [4.78, 5) is 10.8. The van der Waals surface area contributed by atoms with Crippen molar-refractivity contribution in [1.29, 1.82) is 0 Å². The average Bonchev–Trinajstić information content (AvgIpc) is 2.51. The van der Waals surface area contributed by atoms with Gasteiger partial charge >= 0.3 is 5.97 Å². The molecule has 0 aliphatic carbocycles. The normalized spacial score (nSPS) is 10.6. The zero-order valence-electron chi connectivity index (χ0n) is 6.95. The highest BCUT2D eigenvalue weighted by Crippen LogP contribution is 2.31. The number of fused-ring (bicyclic) bond motifs is 1. The van der Waals surface area contributed by atoms with Crippen LogP contribution in [0.1, 0.15) is 10.4 Å². The minimum absolute atomic E-state index is 0.275. The molecule has 0 aliphatic rings. The summed E-state index contributed by atoms with van der Waals surface area (Å²) in [6.07, 6.45) is 0. The lowest BCUT2D eigenvalue weighted by Crippen LogP contribution is -2.02. The third-order valence-electron chi connectivity index (χ3n) is 1.93. The van der Waals surface area contributed by atoms with Crippen molar-refractivity contribution < 1.29 is 14.3 Å². The Morgan fingerprint density at radius 1 is 1.57 bits per heavy atom. The predicted molar refractivity (Wildman–Crippen MR) is 53.2 cm³/mol. The van der Waals surface area contributed by atoms with E-state index in [1.807, 2.05) is 0 Å². The lowest BCUT2D eigenvalue weighted by molar-refractivity contribution is 0.0694. The quantitative estimate of drug-likeness (QED) is 0.711. The Morgan fingerprint density at radius 3 is 2.93 bits per heavy atom. The number of aromatic carboxylic acids is 1. The topological polar surface area (TPSA) is 63.3 Å². The predicted octanol–water partition coefficient (Wildman–Crippen LogP) is 2.32. The second-order valence-corrected chi connectivity index (χ2v) is 3.71. The van der Waals surface area contributed by atoms with E-state index < -0.39 is 11.8 Å². The van der Waals surface area contributed by atoms with Gasteiger partial charge in [0.25, 0.3) is 0 Å². The van der Waals surface area contributed by atoms with E-state index in [-0.39, 0.29) is 11.3 Å². The van der Waals surface area contributed by atoms with Gasteiger partial charge in [-0.25, -0.2) is 9.18 Å². The summed E-state index contributed by atoms with van der Waals surface area (Å²) in [5, 5.41) is 10.8. The van der Waals surface area contributed by atoms with E-state index in [4.69, 9.17) is 10.8 Å². The smallest absolute Gasteiger partial charge is 0.339 e. The summed E-state index contributed by atoms with van der Waals surface area (Å²) in [5.74, 6) is -2.06. The van der Waals surface area contributed by atoms with Crippen molar-refractivity contribution in [2.75, 3.05) is 5.73 Å². The van der Waals surface area contributed by atoms with Crippen LogP contribution in [0.15, 0.2) is 17.5 Å². The van der Waals surface area contributed by atoms with Crippen molar-refractivity contribution in [2.45, 2.75) is 0 Å². The Bertz CT molecular complexity index is 521. The van der Waals surface area contributed by atoms with Crippen molar-refractivity contribution in [1.82, 2.24) is 0 Å². The summed E-state index contributed by atoms with van der Waals surface area (Å²) < 4.78 is 13.9. The van der Waals surface area contributed by atoms with Gasteiger partial charge < -0.3 is 10.8 Å². The van der Waals surface area contributed by atoms with Crippen molar-refractivity contribution in [3.63, 3.8) is 0 Å². The van der Waals surface area contributed by atoms with Gasteiger partial charge in [-0.1, -0.05) is 0 Å². The highest BCUT2D eigenvalue weighted by molar-refractivity contribution is 7.17. The fourth-order valence-corrected chi connectivity index (χ4v) is 2.18. The van der Waals surface area contributed by atoms with Crippen LogP contribution in [-0.4, -0.2) is 11.1 Å². The number of hydrogen-bond acceptors (Lipinski definition) is 3. The maximum absolute atomic E-state index is 13.3. The molecule has 14 heavy (non-hydrogen) atoms. The van der Waals surface area contributed by atoms with Crippen LogP contribution in [0.2, 0.25) is 0 Å². The van der Waals surface area contributed by atoms with Gasteiger partial charge in [0.05, 0.1) is 10.4 Å². The Morgan fingerprint density at radius 2 is 2.29 bits per heavy atom. The molecular weight excluding hydrogens is 205 g/mol. The van der Waals surface area contributed by atoms with Gasteiger partial charge in [0.2, 0.25) is 0 Å². The van der Waals surface area contributed by atoms with Gasteiger partial charge in [-0.2, -0.15) is 0 Å². The number of halogens is 1. The molecule has 1 heterocycles. The van der Waals surface area contributed by atoms with Gasteiger partial charge in [0.15, 0.2) is 0 Å². The minimum atomic E-state index is -1.27. The number of hydrogen-bond donors (Lipinski definition) is 2. The van der Waals surface area contributed by atoms with Crippen LogP contribution in [0.5, 0.6) is 0 Å². The zero-order chi connectivity index (χ0) is 10.3. The summed E-state index contributed by atoms with van der Waals surface area (Å²) in [5.41, 5.74) is 5.51. The monoisotopic (exact) mass is 211 g/mol. The number of carboxylic acid groups (broad SMARTS) is 1. The molecule has 0 spiro atoms. The van der Waals surface area contributed by atoms with E-state index in [0.29, 0.717) is 10.1 Å². The Kier molecular flexibility index (Phi) is 1.89. The lowest BCUT2D eigenvalue weighted by Gasteiger charge is -2.02. The van der Waals surface area contributed by atoms with E-state index in [2.05, 4.69) is 0 Å². The fraction of sp³-hybridized carbons (Fsp3) is 0. The number of anilines is 1. The molecule has 0 amide bonds. The Hall–Kier alpha value is -1.62. The first-order valence-electron chi connectivity index (χ1n) is 3.79. The van der Waals surface area contributed by atoms with Crippen LogP contribution in [-0.2, 0) is 0 Å². The third-order valence-corrected chi connectivity index (χ3v) is 2.90. The molecule has 0 bridgehead atoms. The van der Waals surface area contributed by atoms with Crippen molar-refractivity contribution in [3.05, 3.63) is 28.9 Å². The number of benzene rings is 1. The average molecular weight is 211 g/mol. The second-order valence-electron chi connectivity index (χ2n) is 2.79. The molecule has 2 aromatic rings. The van der Waals surface area contributed by atoms with Crippen LogP contribution in [0.25, 0.3) is 10.1 Å². The van der Waals surface area contributed by atoms with E-state index in [0.717, 1.165) is 6.07 Å². The Labute approximate surface area is 82.6 Å². The molecule has 3 N–H and O–H groups in total. The van der Waals surface area contributed by atoms with Crippen LogP contribution in [0, 0.1) is 5.82 Å². The van der Waals surface area contributed by atoms with E-state index >= 15 is 0 Å². The molecule has 0 atom stereocenters. The molecule has 0 radical (unpaired) electrons. The van der Waals surface area contributed by atoms with Gasteiger partial charge in [-0.15, -0.1) is 11.3 Å². The van der Waals surface area contributed by atoms with Crippen LogP contribution < -0.4 is 5.73 Å².